The molecule has 1 aliphatic rings. The number of carboxylic acids is 1. The van der Waals surface area contributed by atoms with E-state index >= 15 is 4.39 Å². The van der Waals surface area contributed by atoms with Gasteiger partial charge in [0.1, 0.15) is 24.7 Å². The maximum atomic E-state index is 15.1. The molecule has 0 aliphatic carbocycles. The number of esters is 1. The summed E-state index contributed by atoms with van der Waals surface area (Å²) in [7, 11) is 0. The smallest absolute Gasteiger partial charge is 0.313 e. The first kappa shape index (κ1) is 29.0. The highest BCUT2D eigenvalue weighted by Gasteiger charge is 2.20. The van der Waals surface area contributed by atoms with Gasteiger partial charge in [0.15, 0.2) is 0 Å². The average Bonchev–Trinajstić information content (AvgIpc) is 2.91. The van der Waals surface area contributed by atoms with E-state index in [1.54, 1.807) is 24.5 Å². The number of hydrogen-bond acceptors (Lipinski definition) is 8. The fraction of sp³-hybridized carbons (Fsp3) is 0.321. The summed E-state index contributed by atoms with van der Waals surface area (Å²) in [6.45, 7) is 2.72. The number of halogens is 1. The maximum absolute atomic E-state index is 15.1. The molecule has 1 aromatic heterocycles. The van der Waals surface area contributed by atoms with Crippen molar-refractivity contribution in [2.45, 2.75) is 33.3 Å². The molecule has 0 bridgehead atoms. The lowest BCUT2D eigenvalue weighted by molar-refractivity contribution is -0.143. The van der Waals surface area contributed by atoms with Crippen LogP contribution in [-0.4, -0.2) is 59.0 Å². The first-order valence-electron chi connectivity index (χ1n) is 12.2. The fourth-order valence-corrected chi connectivity index (χ4v) is 4.19. The lowest BCUT2D eigenvalue weighted by atomic mass is 10.1. The van der Waals surface area contributed by atoms with Crippen molar-refractivity contribution in [2.24, 2.45) is 5.73 Å². The highest BCUT2D eigenvalue weighted by Crippen LogP contribution is 2.26. The zero-order chi connectivity index (χ0) is 27.1. The minimum absolute atomic E-state index is 0. The summed E-state index contributed by atoms with van der Waals surface area (Å²) in [4.78, 5) is 35.6. The summed E-state index contributed by atoms with van der Waals surface area (Å²) < 4.78 is 20.1. The van der Waals surface area contributed by atoms with Crippen molar-refractivity contribution in [1.29, 1.82) is 5.41 Å². The second-order valence-electron chi connectivity index (χ2n) is 8.95. The van der Waals surface area contributed by atoms with Crippen LogP contribution in [0.4, 0.5) is 16.0 Å². The number of nitrogens with one attached hydrogen (secondary N) is 1. The molecule has 0 saturated carbocycles. The number of carboxylic acid groups (broad SMARTS) is 1. The summed E-state index contributed by atoms with van der Waals surface area (Å²) in [6.07, 6.45) is 3.45. The number of carbonyl (C=O) groups is 2. The Balaban J connectivity index is 0.00000420. The molecule has 4 rings (SSSR count). The Morgan fingerprint density at radius 3 is 2.28 bits per heavy atom. The van der Waals surface area contributed by atoms with Gasteiger partial charge in [0.25, 0.3) is 0 Å². The molecular formula is C28H33FN6O4. The second-order valence-corrected chi connectivity index (χ2v) is 8.95. The van der Waals surface area contributed by atoms with Crippen molar-refractivity contribution in [3.63, 3.8) is 0 Å². The minimum Gasteiger partial charge on any atom is -0.481 e. The molecule has 1 fully saturated rings. The van der Waals surface area contributed by atoms with Crippen LogP contribution in [0.1, 0.15) is 31.4 Å². The third-order valence-corrected chi connectivity index (χ3v) is 6.24. The van der Waals surface area contributed by atoms with Gasteiger partial charge in [-0.15, -0.1) is 0 Å². The van der Waals surface area contributed by atoms with Gasteiger partial charge in [0.2, 0.25) is 5.95 Å². The molecule has 2 aromatic carbocycles. The van der Waals surface area contributed by atoms with Crippen LogP contribution in [0.2, 0.25) is 0 Å². The van der Waals surface area contributed by atoms with Gasteiger partial charge in [-0.25, -0.2) is 14.4 Å². The van der Waals surface area contributed by atoms with Gasteiger partial charge in [-0.3, -0.25) is 15.0 Å². The van der Waals surface area contributed by atoms with Gasteiger partial charge in [0.05, 0.1) is 0 Å². The van der Waals surface area contributed by atoms with E-state index in [2.05, 4.69) is 19.8 Å². The number of nitrogens with two attached hydrogens (primary N) is 1. The molecule has 39 heavy (non-hydrogen) atoms. The van der Waals surface area contributed by atoms with Crippen LogP contribution in [0.25, 0.3) is 11.1 Å². The van der Waals surface area contributed by atoms with E-state index in [1.807, 2.05) is 24.3 Å². The Labute approximate surface area is 226 Å². The molecule has 0 atom stereocenters. The lowest BCUT2D eigenvalue weighted by Crippen LogP contribution is -2.47. The average molecular weight is 537 g/mol. The SMILES string of the molecule is C.N=C(N)CC(=O)OCc1cccc(-c2cnc(N3CCN(c4ccc(CCC(=O)O)cc4)CC3)nc2)c1F. The van der Waals surface area contributed by atoms with E-state index in [0.29, 0.717) is 23.5 Å². The lowest BCUT2D eigenvalue weighted by Gasteiger charge is -2.36. The first-order valence-corrected chi connectivity index (χ1v) is 12.2. The van der Waals surface area contributed by atoms with Crippen LogP contribution in [0.5, 0.6) is 0 Å². The number of rotatable bonds is 10. The summed E-state index contributed by atoms with van der Waals surface area (Å²) in [6, 6.07) is 12.8. The molecule has 3 aromatic rings. The Morgan fingerprint density at radius 2 is 1.67 bits per heavy atom. The van der Waals surface area contributed by atoms with Crippen LogP contribution >= 0.6 is 0 Å². The molecule has 0 spiro atoms. The Bertz CT molecular complexity index is 1290. The molecule has 206 valence electrons. The topological polar surface area (TPSA) is 146 Å². The van der Waals surface area contributed by atoms with Gasteiger partial charge in [-0.05, 0) is 24.1 Å². The molecular weight excluding hydrogens is 503 g/mol. The van der Waals surface area contributed by atoms with Crippen molar-refractivity contribution >= 4 is 29.4 Å². The molecule has 11 heteroatoms. The number of aliphatic carboxylic acids is 1. The number of hydrogen-bond donors (Lipinski definition) is 3. The molecule has 0 unspecified atom stereocenters. The Morgan fingerprint density at radius 1 is 1.03 bits per heavy atom. The van der Waals surface area contributed by atoms with E-state index in [9.17, 15) is 9.59 Å². The van der Waals surface area contributed by atoms with E-state index in [4.69, 9.17) is 21.0 Å². The van der Waals surface area contributed by atoms with E-state index in [0.717, 1.165) is 37.4 Å². The minimum atomic E-state index is -0.802. The fourth-order valence-electron chi connectivity index (χ4n) is 4.19. The van der Waals surface area contributed by atoms with E-state index in [1.165, 1.54) is 6.07 Å². The van der Waals surface area contributed by atoms with Crippen molar-refractivity contribution in [2.75, 3.05) is 36.0 Å². The third kappa shape index (κ3) is 7.73. The molecule has 1 aliphatic heterocycles. The van der Waals surface area contributed by atoms with Crippen LogP contribution in [0, 0.1) is 11.2 Å². The number of ether oxygens (including phenoxy) is 1. The number of piperazine rings is 1. The predicted octanol–water partition coefficient (Wildman–Crippen LogP) is 3.63. The van der Waals surface area contributed by atoms with Crippen LogP contribution in [0.3, 0.4) is 0 Å². The standard InChI is InChI=1S/C27H29FN6O4.CH4/c28-26-19(17-38-25(37)14-23(29)30)2-1-3-22(26)20-15-31-27(32-16-20)34-12-10-33(11-13-34)21-7-4-18(5-8-21)6-9-24(35)36;/h1-5,7-8,15-16H,6,9-14,17H2,(H3,29,30)(H,35,36);1H4. The maximum Gasteiger partial charge on any atom is 0.313 e. The predicted molar refractivity (Wildman–Crippen MR) is 147 cm³/mol. The number of carbonyl (C=O) groups excluding carboxylic acids is 1. The van der Waals surface area contributed by atoms with Crippen molar-refractivity contribution in [1.82, 2.24) is 9.97 Å². The van der Waals surface area contributed by atoms with Gasteiger partial charge in [-0.2, -0.15) is 0 Å². The Kier molecular flexibility index (Phi) is 9.91. The van der Waals surface area contributed by atoms with Crippen LogP contribution in [0.15, 0.2) is 54.9 Å². The first-order chi connectivity index (χ1) is 18.3. The van der Waals surface area contributed by atoms with Crippen molar-refractivity contribution < 1.29 is 23.8 Å². The molecule has 0 amide bonds. The van der Waals surface area contributed by atoms with Gasteiger partial charge in [0, 0.05) is 67.4 Å². The van der Waals surface area contributed by atoms with Crippen molar-refractivity contribution in [3.8, 4) is 11.1 Å². The highest BCUT2D eigenvalue weighted by atomic mass is 19.1. The Hall–Kier alpha value is -4.54. The molecule has 4 N–H and O–H groups in total. The highest BCUT2D eigenvalue weighted by molar-refractivity contribution is 5.94. The second kappa shape index (κ2) is 13.3. The largest absolute Gasteiger partial charge is 0.481 e. The summed E-state index contributed by atoms with van der Waals surface area (Å²) >= 11 is 0. The van der Waals surface area contributed by atoms with Gasteiger partial charge >= 0.3 is 11.9 Å². The van der Waals surface area contributed by atoms with Crippen LogP contribution in [-0.2, 0) is 27.4 Å². The van der Waals surface area contributed by atoms with Crippen molar-refractivity contribution in [3.05, 3.63) is 71.8 Å². The van der Waals surface area contributed by atoms with Gasteiger partial charge < -0.3 is 25.4 Å². The van der Waals surface area contributed by atoms with Crippen LogP contribution < -0.4 is 15.5 Å². The summed E-state index contributed by atoms with van der Waals surface area (Å²) in [5.74, 6) is -1.77. The zero-order valence-corrected chi connectivity index (χ0v) is 20.8. The number of benzene rings is 2. The third-order valence-electron chi connectivity index (χ3n) is 6.24. The van der Waals surface area contributed by atoms with E-state index in [-0.39, 0.29) is 38.3 Å². The molecule has 2 heterocycles. The molecule has 10 nitrogen and oxygen atoms in total. The van der Waals surface area contributed by atoms with Gasteiger partial charge in [-0.1, -0.05) is 37.8 Å². The zero-order valence-electron chi connectivity index (χ0n) is 20.8. The summed E-state index contributed by atoms with van der Waals surface area (Å²) in [5.41, 5.74) is 8.28. The number of aryl methyl sites for hydroxylation is 1. The number of anilines is 2. The normalized spacial score (nSPS) is 12.9. The summed E-state index contributed by atoms with van der Waals surface area (Å²) in [5, 5.41) is 16.0. The quantitative estimate of drug-likeness (QED) is 0.201. The molecule has 0 radical (unpaired) electrons. The number of amidine groups is 1. The monoisotopic (exact) mass is 536 g/mol. The number of aromatic nitrogens is 2. The number of nitrogens with zero attached hydrogens (tertiary/aromatic N) is 4. The molecule has 1 saturated heterocycles. The van der Waals surface area contributed by atoms with E-state index < -0.39 is 17.8 Å².